The fourth-order valence-corrected chi connectivity index (χ4v) is 1.86. The molecule has 2 rings (SSSR count). The van der Waals surface area contributed by atoms with Gasteiger partial charge < -0.3 is 4.55 Å². The van der Waals surface area contributed by atoms with Crippen molar-refractivity contribution in [3.63, 3.8) is 0 Å². The van der Waals surface area contributed by atoms with Crippen molar-refractivity contribution in [3.05, 3.63) is 70.8 Å². The van der Waals surface area contributed by atoms with E-state index in [4.69, 9.17) is 13.0 Å². The molecule has 29 heavy (non-hydrogen) atoms. The molecule has 2 aromatic carbocycles. The van der Waals surface area contributed by atoms with E-state index in [2.05, 4.69) is 0 Å². The molecule has 0 bridgehead atoms. The largest absolute Gasteiger partial charge is 0.741 e. The molecule has 3 nitrogen and oxygen atoms in total. The van der Waals surface area contributed by atoms with Crippen LogP contribution in [0.2, 0.25) is 0 Å². The molecule has 0 atom stereocenters. The van der Waals surface area contributed by atoms with E-state index in [9.17, 15) is 39.5 Å². The summed E-state index contributed by atoms with van der Waals surface area (Å²) in [7, 11) is -6.09. The molecular weight excluding hydrogens is 443 g/mol. The van der Waals surface area contributed by atoms with Crippen LogP contribution in [0.25, 0.3) is 0 Å². The quantitative estimate of drug-likeness (QED) is 0.349. The van der Waals surface area contributed by atoms with Crippen molar-refractivity contribution < 1.29 is 52.5 Å². The smallest absolute Gasteiger partial charge is 0.485 e. The molecule has 0 unspecified atom stereocenters. The van der Waals surface area contributed by atoms with Crippen LogP contribution in [-0.4, -0.2) is 18.5 Å². The summed E-state index contributed by atoms with van der Waals surface area (Å²) >= 11 is 0. The number of benzene rings is 2. The minimum absolute atomic E-state index is 0.274. The van der Waals surface area contributed by atoms with Crippen LogP contribution in [0.4, 0.5) is 39.5 Å². The first-order valence-corrected chi connectivity index (χ1v) is 8.66. The summed E-state index contributed by atoms with van der Waals surface area (Å²) in [5, 5.41) is 0. The zero-order valence-corrected chi connectivity index (χ0v) is 14.7. The zero-order valence-electron chi connectivity index (χ0n) is 13.9. The number of halogens is 9. The first-order valence-electron chi connectivity index (χ1n) is 7.25. The summed E-state index contributed by atoms with van der Waals surface area (Å²) < 4.78 is 133. The Balaban J connectivity index is 0.000000447. The maximum atomic E-state index is 12.4. The molecular formula is C16H10F9O3S-. The van der Waals surface area contributed by atoms with Gasteiger partial charge in [-0.05, 0) is 41.8 Å². The van der Waals surface area contributed by atoms with E-state index in [-0.39, 0.29) is 6.42 Å². The SMILES string of the molecule is FC(F)(F)c1ccc(Cc2ccc(C(F)(F)F)cc2)cc1.O=S(=O)([O-])C(F)(F)F. The van der Waals surface area contributed by atoms with Gasteiger partial charge in [0.15, 0.2) is 10.1 Å². The van der Waals surface area contributed by atoms with E-state index >= 15 is 0 Å². The van der Waals surface area contributed by atoms with Crippen LogP contribution in [0, 0.1) is 0 Å². The van der Waals surface area contributed by atoms with Gasteiger partial charge in [0.25, 0.3) is 0 Å². The van der Waals surface area contributed by atoms with Gasteiger partial charge in [0.05, 0.1) is 11.1 Å². The van der Waals surface area contributed by atoms with Gasteiger partial charge in [-0.1, -0.05) is 24.3 Å². The Kier molecular flexibility index (Phi) is 7.35. The summed E-state index contributed by atoms with van der Waals surface area (Å²) in [4.78, 5) is 0. The van der Waals surface area contributed by atoms with Crippen molar-refractivity contribution in [2.24, 2.45) is 0 Å². The van der Waals surface area contributed by atoms with Gasteiger partial charge in [-0.15, -0.1) is 0 Å². The highest BCUT2D eigenvalue weighted by molar-refractivity contribution is 7.86. The number of hydrogen-bond acceptors (Lipinski definition) is 3. The molecule has 0 amide bonds. The molecule has 0 saturated heterocycles. The van der Waals surface area contributed by atoms with Gasteiger partial charge in [0, 0.05) is 0 Å². The van der Waals surface area contributed by atoms with Crippen LogP contribution in [0.5, 0.6) is 0 Å². The Morgan fingerprint density at radius 3 is 1.03 bits per heavy atom. The lowest BCUT2D eigenvalue weighted by Crippen LogP contribution is -2.21. The molecule has 0 spiro atoms. The molecule has 0 N–H and O–H groups in total. The second-order valence-corrected chi connectivity index (χ2v) is 6.84. The van der Waals surface area contributed by atoms with E-state index in [1.165, 1.54) is 24.3 Å². The average Bonchev–Trinajstić information content (AvgIpc) is 2.53. The van der Waals surface area contributed by atoms with Gasteiger partial charge in [-0.25, -0.2) is 8.42 Å². The second-order valence-electron chi connectivity index (χ2n) is 5.47. The third-order valence-corrected chi connectivity index (χ3v) is 3.82. The summed E-state index contributed by atoms with van der Waals surface area (Å²) in [6.07, 6.45) is -8.52. The first kappa shape index (κ1) is 24.8. The minimum Gasteiger partial charge on any atom is -0.741 e. The molecule has 13 heteroatoms. The second kappa shape index (κ2) is 8.61. The van der Waals surface area contributed by atoms with Crippen LogP contribution >= 0.6 is 0 Å². The van der Waals surface area contributed by atoms with Crippen molar-refractivity contribution in [1.29, 1.82) is 0 Å². The van der Waals surface area contributed by atoms with E-state index in [0.717, 1.165) is 24.3 Å². The van der Waals surface area contributed by atoms with E-state index in [1.54, 1.807) is 0 Å². The summed E-state index contributed by atoms with van der Waals surface area (Å²) in [5.74, 6) is 0. The number of hydrogen-bond donors (Lipinski definition) is 0. The van der Waals surface area contributed by atoms with Crippen LogP contribution in [0.3, 0.4) is 0 Å². The average molecular weight is 453 g/mol. The standard InChI is InChI=1S/C15H10F6.CHF3O3S/c16-14(17,18)12-5-1-10(2-6-12)9-11-3-7-13(8-4-11)15(19,20)21;2-1(3,4)8(5,6)7/h1-8H,9H2;(H,5,6,7)/p-1. The Morgan fingerprint density at radius 2 is 0.862 bits per heavy atom. The first-order chi connectivity index (χ1) is 12.9. The topological polar surface area (TPSA) is 57.2 Å². The third-order valence-electron chi connectivity index (χ3n) is 3.25. The zero-order chi connectivity index (χ0) is 22.7. The molecule has 162 valence electrons. The maximum absolute atomic E-state index is 12.4. The Bertz CT molecular complexity index is 840. The molecule has 0 aromatic heterocycles. The Morgan fingerprint density at radius 1 is 0.621 bits per heavy atom. The molecule has 0 saturated carbocycles. The van der Waals surface area contributed by atoms with Gasteiger partial charge >= 0.3 is 17.9 Å². The summed E-state index contributed by atoms with van der Waals surface area (Å²) in [6, 6.07) is 9.11. The third kappa shape index (κ3) is 7.93. The highest BCUT2D eigenvalue weighted by Gasteiger charge is 2.37. The molecule has 2 aromatic rings. The predicted octanol–water partition coefficient (Wildman–Crippen LogP) is 5.37. The van der Waals surface area contributed by atoms with Crippen molar-refractivity contribution in [2.75, 3.05) is 0 Å². The van der Waals surface area contributed by atoms with Crippen LogP contribution in [-0.2, 0) is 28.9 Å². The lowest BCUT2D eigenvalue weighted by molar-refractivity contribution is -0.138. The molecule has 0 aliphatic heterocycles. The van der Waals surface area contributed by atoms with Crippen LogP contribution in [0.15, 0.2) is 48.5 Å². The fourth-order valence-electron chi connectivity index (χ4n) is 1.86. The molecule has 0 fully saturated rings. The highest BCUT2D eigenvalue weighted by atomic mass is 32.2. The van der Waals surface area contributed by atoms with Crippen molar-refractivity contribution >= 4 is 10.1 Å². The number of alkyl halides is 9. The van der Waals surface area contributed by atoms with E-state index < -0.39 is 39.1 Å². The van der Waals surface area contributed by atoms with Crippen molar-refractivity contribution in [2.45, 2.75) is 24.3 Å². The van der Waals surface area contributed by atoms with Gasteiger partial charge in [0.2, 0.25) is 0 Å². The maximum Gasteiger partial charge on any atom is 0.485 e. The lowest BCUT2D eigenvalue weighted by atomic mass is 10.0. The lowest BCUT2D eigenvalue weighted by Gasteiger charge is -2.09. The predicted molar refractivity (Wildman–Crippen MR) is 81.4 cm³/mol. The molecule has 0 radical (unpaired) electrons. The Hall–Kier alpha value is -2.28. The van der Waals surface area contributed by atoms with Crippen LogP contribution < -0.4 is 0 Å². The molecule has 0 aliphatic carbocycles. The monoisotopic (exact) mass is 453 g/mol. The minimum atomic E-state index is -6.09. The normalized spacial score (nSPS) is 12.9. The van der Waals surface area contributed by atoms with Gasteiger partial charge in [0.1, 0.15) is 0 Å². The fraction of sp³-hybridized carbons (Fsp3) is 0.250. The van der Waals surface area contributed by atoms with Crippen molar-refractivity contribution in [1.82, 2.24) is 0 Å². The number of rotatable bonds is 2. The summed E-state index contributed by atoms with van der Waals surface area (Å²) in [6.45, 7) is 0. The van der Waals surface area contributed by atoms with Crippen molar-refractivity contribution in [3.8, 4) is 0 Å². The van der Waals surface area contributed by atoms with E-state index in [1.807, 2.05) is 0 Å². The summed E-state index contributed by atoms with van der Waals surface area (Å²) in [5.41, 5.74) is -5.95. The molecule has 0 heterocycles. The van der Waals surface area contributed by atoms with Crippen LogP contribution in [0.1, 0.15) is 22.3 Å². The Labute approximate surface area is 158 Å². The molecule has 0 aliphatic rings. The highest BCUT2D eigenvalue weighted by Crippen LogP contribution is 2.31. The van der Waals surface area contributed by atoms with E-state index in [0.29, 0.717) is 11.1 Å². The van der Waals surface area contributed by atoms with Gasteiger partial charge in [-0.2, -0.15) is 39.5 Å². The van der Waals surface area contributed by atoms with Gasteiger partial charge in [-0.3, -0.25) is 0 Å².